The normalized spacial score (nSPS) is 10.6. The highest BCUT2D eigenvalue weighted by Crippen LogP contribution is 2.27. The summed E-state index contributed by atoms with van der Waals surface area (Å²) in [5.41, 5.74) is 5.42. The van der Waals surface area contributed by atoms with Crippen LogP contribution in [-0.4, -0.2) is 18.1 Å². The van der Waals surface area contributed by atoms with Crippen molar-refractivity contribution in [1.29, 1.82) is 0 Å². The van der Waals surface area contributed by atoms with Gasteiger partial charge in [-0.1, -0.05) is 0 Å². The largest absolute Gasteiger partial charge is 0.465 e. The molecule has 0 radical (unpaired) electrons. The van der Waals surface area contributed by atoms with Crippen LogP contribution in [0.5, 0.6) is 0 Å². The Labute approximate surface area is 104 Å². The summed E-state index contributed by atoms with van der Waals surface area (Å²) < 4.78 is 29.7. The molecule has 0 aliphatic heterocycles. The van der Waals surface area contributed by atoms with E-state index in [-0.39, 0.29) is 15.7 Å². The Bertz CT molecular complexity index is 413. The van der Waals surface area contributed by atoms with E-state index in [4.69, 9.17) is 5.73 Å². The van der Waals surface area contributed by atoms with Crippen LogP contribution >= 0.6 is 22.6 Å². The molecule has 0 aliphatic carbocycles. The summed E-state index contributed by atoms with van der Waals surface area (Å²) in [5.74, 6) is -0.686. The van der Waals surface area contributed by atoms with Crippen molar-refractivity contribution in [2.75, 3.05) is 7.11 Å². The number of carbonyl (C=O) groups excluding carboxylic acids is 1. The first-order valence-corrected chi connectivity index (χ1v) is 5.34. The lowest BCUT2D eigenvalue weighted by Gasteiger charge is -2.11. The van der Waals surface area contributed by atoms with Crippen LogP contribution in [0.1, 0.15) is 28.0 Å². The zero-order chi connectivity index (χ0) is 12.3. The summed E-state index contributed by atoms with van der Waals surface area (Å²) in [6.07, 6.45) is -1.56. The van der Waals surface area contributed by atoms with E-state index in [1.165, 1.54) is 13.3 Å². The van der Waals surface area contributed by atoms with Crippen molar-refractivity contribution in [3.8, 4) is 0 Å². The minimum Gasteiger partial charge on any atom is -0.465 e. The van der Waals surface area contributed by atoms with Gasteiger partial charge < -0.3 is 10.5 Å². The molecule has 0 bridgehead atoms. The van der Waals surface area contributed by atoms with Gasteiger partial charge in [0.15, 0.2) is 0 Å². The molecule has 0 fully saturated rings. The van der Waals surface area contributed by atoms with Gasteiger partial charge in [-0.3, -0.25) is 4.98 Å². The molecule has 0 aromatic carbocycles. The Morgan fingerprint density at radius 1 is 1.69 bits per heavy atom. The van der Waals surface area contributed by atoms with Crippen molar-refractivity contribution < 1.29 is 18.3 Å². The minimum atomic E-state index is -2.73. The fourth-order valence-electron chi connectivity index (χ4n) is 1.17. The molecule has 0 spiro atoms. The number of methoxy groups -OCH3 is 1. The Hall–Kier alpha value is -0.830. The highest BCUT2D eigenvalue weighted by atomic mass is 127. The van der Waals surface area contributed by atoms with Crippen LogP contribution in [0.15, 0.2) is 6.20 Å². The van der Waals surface area contributed by atoms with Gasteiger partial charge in [-0.15, -0.1) is 0 Å². The van der Waals surface area contributed by atoms with Crippen molar-refractivity contribution in [2.45, 2.75) is 13.0 Å². The number of pyridine rings is 1. The summed E-state index contributed by atoms with van der Waals surface area (Å²) in [7, 11) is 1.18. The number of nitrogens with zero attached hydrogens (tertiary/aromatic N) is 1. The molecule has 1 aromatic heterocycles. The molecule has 7 heteroatoms. The van der Waals surface area contributed by atoms with Crippen LogP contribution in [-0.2, 0) is 11.3 Å². The molecule has 4 nitrogen and oxygen atoms in total. The van der Waals surface area contributed by atoms with Gasteiger partial charge in [0.1, 0.15) is 5.69 Å². The fraction of sp³-hybridized carbons (Fsp3) is 0.333. The van der Waals surface area contributed by atoms with Gasteiger partial charge in [0.2, 0.25) is 0 Å². The minimum absolute atomic E-state index is 0.0386. The van der Waals surface area contributed by atoms with E-state index < -0.39 is 18.1 Å². The molecule has 2 N–H and O–H groups in total. The van der Waals surface area contributed by atoms with Crippen LogP contribution in [0.25, 0.3) is 0 Å². The third kappa shape index (κ3) is 2.46. The number of rotatable bonds is 3. The Morgan fingerprint density at radius 2 is 2.31 bits per heavy atom. The smallest absolute Gasteiger partial charge is 0.339 e. The van der Waals surface area contributed by atoms with Gasteiger partial charge in [-0.2, -0.15) is 0 Å². The number of halogens is 3. The second-order valence-electron chi connectivity index (χ2n) is 2.85. The van der Waals surface area contributed by atoms with Crippen LogP contribution in [0.2, 0.25) is 0 Å². The molecule has 1 rings (SSSR count). The maximum atomic E-state index is 12.6. The first kappa shape index (κ1) is 13.2. The molecule has 1 aromatic rings. The lowest BCUT2D eigenvalue weighted by molar-refractivity contribution is 0.0597. The van der Waals surface area contributed by atoms with Crippen LogP contribution < -0.4 is 5.73 Å². The number of alkyl halides is 2. The summed E-state index contributed by atoms with van der Waals surface area (Å²) in [6.45, 7) is 0.0386. The number of carbonyl (C=O) groups is 1. The van der Waals surface area contributed by atoms with Gasteiger partial charge in [0.05, 0.1) is 16.2 Å². The molecule has 0 unspecified atom stereocenters. The predicted molar refractivity (Wildman–Crippen MR) is 61.1 cm³/mol. The Morgan fingerprint density at radius 3 is 2.75 bits per heavy atom. The van der Waals surface area contributed by atoms with E-state index in [2.05, 4.69) is 9.72 Å². The number of esters is 1. The molecule has 0 aliphatic rings. The van der Waals surface area contributed by atoms with Crippen LogP contribution in [0.3, 0.4) is 0 Å². The lowest BCUT2D eigenvalue weighted by atomic mass is 10.1. The lowest BCUT2D eigenvalue weighted by Crippen LogP contribution is -2.14. The van der Waals surface area contributed by atoms with Gasteiger partial charge in [0, 0.05) is 12.7 Å². The number of aromatic nitrogens is 1. The van der Waals surface area contributed by atoms with Crippen molar-refractivity contribution >= 4 is 28.6 Å². The number of nitrogens with two attached hydrogens (primary N) is 1. The fourth-order valence-corrected chi connectivity index (χ4v) is 2.11. The third-order valence-electron chi connectivity index (χ3n) is 1.94. The van der Waals surface area contributed by atoms with Gasteiger partial charge >= 0.3 is 5.97 Å². The number of ether oxygens (including phenoxy) is 1. The molecule has 1 heterocycles. The van der Waals surface area contributed by atoms with E-state index in [1.807, 2.05) is 0 Å². The van der Waals surface area contributed by atoms with Crippen molar-refractivity contribution in [3.63, 3.8) is 0 Å². The van der Waals surface area contributed by atoms with Gasteiger partial charge in [-0.25, -0.2) is 13.6 Å². The van der Waals surface area contributed by atoms with E-state index in [1.54, 1.807) is 22.6 Å². The maximum Gasteiger partial charge on any atom is 0.339 e. The second kappa shape index (κ2) is 5.48. The van der Waals surface area contributed by atoms with E-state index in [9.17, 15) is 13.6 Å². The SMILES string of the molecule is COC(=O)c1c(CN)cnc(C(F)F)c1I. The van der Waals surface area contributed by atoms with E-state index >= 15 is 0 Å². The second-order valence-corrected chi connectivity index (χ2v) is 3.93. The third-order valence-corrected chi connectivity index (χ3v) is 3.03. The van der Waals surface area contributed by atoms with Gasteiger partial charge in [-0.05, 0) is 28.2 Å². The molecule has 0 saturated heterocycles. The highest BCUT2D eigenvalue weighted by molar-refractivity contribution is 14.1. The summed E-state index contributed by atoms with van der Waals surface area (Å²) in [5, 5.41) is 0. The topological polar surface area (TPSA) is 65.2 Å². The van der Waals surface area contributed by atoms with Crippen molar-refractivity contribution in [2.24, 2.45) is 5.73 Å². The predicted octanol–water partition coefficient (Wildman–Crippen LogP) is 1.87. The molecular formula is C9H9F2IN2O2. The average molecular weight is 342 g/mol. The monoisotopic (exact) mass is 342 g/mol. The molecule has 16 heavy (non-hydrogen) atoms. The highest BCUT2D eigenvalue weighted by Gasteiger charge is 2.23. The quantitative estimate of drug-likeness (QED) is 0.673. The number of hydrogen-bond acceptors (Lipinski definition) is 4. The Balaban J connectivity index is 3.40. The maximum absolute atomic E-state index is 12.6. The summed E-state index contributed by atoms with van der Waals surface area (Å²) in [4.78, 5) is 15.0. The Kier molecular flexibility index (Phi) is 4.54. The molecule has 88 valence electrons. The molecule has 0 saturated carbocycles. The van der Waals surface area contributed by atoms with Crippen molar-refractivity contribution in [1.82, 2.24) is 4.98 Å². The molecule has 0 atom stereocenters. The number of hydrogen-bond donors (Lipinski definition) is 1. The van der Waals surface area contributed by atoms with Crippen molar-refractivity contribution in [3.05, 3.63) is 26.6 Å². The average Bonchev–Trinajstić information content (AvgIpc) is 2.26. The standard InChI is InChI=1S/C9H9F2IN2O2/c1-16-9(15)5-4(2-13)3-14-7(6(5)12)8(10)11/h3,8H,2,13H2,1H3. The first-order valence-electron chi connectivity index (χ1n) is 4.26. The van der Waals surface area contributed by atoms with Crippen LogP contribution in [0, 0.1) is 3.57 Å². The van der Waals surface area contributed by atoms with E-state index in [0.717, 1.165) is 0 Å². The summed E-state index contributed by atoms with van der Waals surface area (Å²) >= 11 is 1.64. The zero-order valence-corrected chi connectivity index (χ0v) is 10.5. The molecule has 0 amide bonds. The van der Waals surface area contributed by atoms with E-state index in [0.29, 0.717) is 5.56 Å². The first-order chi connectivity index (χ1) is 7.52. The van der Waals surface area contributed by atoms with Gasteiger partial charge in [0.25, 0.3) is 6.43 Å². The molecular weight excluding hydrogens is 333 g/mol. The zero-order valence-electron chi connectivity index (χ0n) is 8.34. The summed E-state index contributed by atoms with van der Waals surface area (Å²) in [6, 6.07) is 0. The van der Waals surface area contributed by atoms with Crippen LogP contribution in [0.4, 0.5) is 8.78 Å².